The molecule has 0 saturated carbocycles. The number of amides is 2. The van der Waals surface area contributed by atoms with E-state index in [-0.39, 0.29) is 17.5 Å². The van der Waals surface area contributed by atoms with Gasteiger partial charge in [0.05, 0.1) is 18.3 Å². The SMILES string of the molecule is CN1CCOc2ccc(NC(=O)c3cn(C)nn3)cc2C1=O. The third-order valence-electron chi connectivity index (χ3n) is 3.33. The van der Waals surface area contributed by atoms with E-state index < -0.39 is 0 Å². The van der Waals surface area contributed by atoms with Crippen molar-refractivity contribution in [2.45, 2.75) is 0 Å². The first-order valence-electron chi connectivity index (χ1n) is 6.74. The van der Waals surface area contributed by atoms with Crippen molar-refractivity contribution in [2.75, 3.05) is 25.5 Å². The maximum absolute atomic E-state index is 12.3. The Labute approximate surface area is 126 Å². The average molecular weight is 301 g/mol. The summed E-state index contributed by atoms with van der Waals surface area (Å²) < 4.78 is 6.98. The molecule has 2 aromatic rings. The van der Waals surface area contributed by atoms with E-state index >= 15 is 0 Å². The standard InChI is InChI=1S/C14H15N5O3/c1-18-5-6-22-12-4-3-9(7-10(12)14(18)21)15-13(20)11-8-19(2)17-16-11/h3-4,7-8H,5-6H2,1-2H3,(H,15,20). The summed E-state index contributed by atoms with van der Waals surface area (Å²) in [5, 5.41) is 10.1. The van der Waals surface area contributed by atoms with Gasteiger partial charge in [-0.05, 0) is 18.2 Å². The topological polar surface area (TPSA) is 89.3 Å². The van der Waals surface area contributed by atoms with Crippen LogP contribution in [0.3, 0.4) is 0 Å². The van der Waals surface area contributed by atoms with Crippen LogP contribution in [0.15, 0.2) is 24.4 Å². The minimum Gasteiger partial charge on any atom is -0.491 e. The number of aromatic nitrogens is 3. The first-order valence-corrected chi connectivity index (χ1v) is 6.74. The fraction of sp³-hybridized carbons (Fsp3) is 0.286. The molecular formula is C14H15N5O3. The Kier molecular flexibility index (Phi) is 3.50. The van der Waals surface area contributed by atoms with Gasteiger partial charge in [-0.15, -0.1) is 5.10 Å². The summed E-state index contributed by atoms with van der Waals surface area (Å²) in [4.78, 5) is 25.9. The van der Waals surface area contributed by atoms with Gasteiger partial charge in [0.1, 0.15) is 12.4 Å². The van der Waals surface area contributed by atoms with Crippen LogP contribution in [0, 0.1) is 0 Å². The molecule has 1 aliphatic heterocycles. The molecule has 0 bridgehead atoms. The van der Waals surface area contributed by atoms with Gasteiger partial charge in [0.15, 0.2) is 5.69 Å². The number of rotatable bonds is 2. The number of nitrogens with one attached hydrogen (secondary N) is 1. The number of nitrogens with zero attached hydrogens (tertiary/aromatic N) is 4. The lowest BCUT2D eigenvalue weighted by atomic mass is 10.1. The molecule has 0 radical (unpaired) electrons. The minimum atomic E-state index is -0.386. The molecule has 1 N–H and O–H groups in total. The molecule has 114 valence electrons. The molecule has 8 nitrogen and oxygen atoms in total. The summed E-state index contributed by atoms with van der Waals surface area (Å²) in [5.41, 5.74) is 1.13. The van der Waals surface area contributed by atoms with Gasteiger partial charge in [-0.1, -0.05) is 5.21 Å². The van der Waals surface area contributed by atoms with E-state index in [4.69, 9.17) is 4.74 Å². The van der Waals surface area contributed by atoms with Crippen molar-refractivity contribution in [1.82, 2.24) is 19.9 Å². The highest BCUT2D eigenvalue weighted by Gasteiger charge is 2.21. The number of carbonyl (C=O) groups excluding carboxylic acids is 2. The largest absolute Gasteiger partial charge is 0.491 e. The second-order valence-electron chi connectivity index (χ2n) is 5.02. The lowest BCUT2D eigenvalue weighted by molar-refractivity contribution is 0.0796. The molecular weight excluding hydrogens is 286 g/mol. The van der Waals surface area contributed by atoms with E-state index in [1.807, 2.05) is 0 Å². The first kappa shape index (κ1) is 14.1. The molecule has 0 saturated heterocycles. The minimum absolute atomic E-state index is 0.136. The van der Waals surface area contributed by atoms with Crippen molar-refractivity contribution in [1.29, 1.82) is 0 Å². The van der Waals surface area contributed by atoms with Gasteiger partial charge in [0, 0.05) is 19.8 Å². The van der Waals surface area contributed by atoms with E-state index in [2.05, 4.69) is 15.6 Å². The number of hydrogen-bond acceptors (Lipinski definition) is 5. The molecule has 3 rings (SSSR count). The van der Waals surface area contributed by atoms with E-state index in [1.54, 1.807) is 37.2 Å². The van der Waals surface area contributed by atoms with Crippen molar-refractivity contribution in [3.8, 4) is 5.75 Å². The van der Waals surface area contributed by atoms with E-state index in [9.17, 15) is 9.59 Å². The van der Waals surface area contributed by atoms with Crippen LogP contribution < -0.4 is 10.1 Å². The Bertz CT molecular complexity index is 740. The maximum Gasteiger partial charge on any atom is 0.277 e. The monoisotopic (exact) mass is 301 g/mol. The van der Waals surface area contributed by atoms with E-state index in [1.165, 1.54) is 10.9 Å². The predicted octanol–water partition coefficient (Wildman–Crippen LogP) is 0.532. The average Bonchev–Trinajstić information content (AvgIpc) is 2.88. The van der Waals surface area contributed by atoms with Crippen LogP contribution in [-0.4, -0.2) is 51.9 Å². The quantitative estimate of drug-likeness (QED) is 0.874. The van der Waals surface area contributed by atoms with Crippen molar-refractivity contribution in [2.24, 2.45) is 7.05 Å². The molecule has 2 heterocycles. The van der Waals surface area contributed by atoms with Gasteiger partial charge in [-0.2, -0.15) is 0 Å². The number of benzene rings is 1. The van der Waals surface area contributed by atoms with Crippen LogP contribution in [0.2, 0.25) is 0 Å². The number of likely N-dealkylation sites (N-methyl/N-ethyl adjacent to an activating group) is 1. The molecule has 0 atom stereocenters. The van der Waals surface area contributed by atoms with Crippen LogP contribution in [0.5, 0.6) is 5.75 Å². The summed E-state index contributed by atoms with van der Waals surface area (Å²) in [5.74, 6) is -0.00153. The normalized spacial score (nSPS) is 14.1. The van der Waals surface area contributed by atoms with E-state index in [0.717, 1.165) is 0 Å². The highest BCUT2D eigenvalue weighted by molar-refractivity contribution is 6.04. The summed E-state index contributed by atoms with van der Waals surface area (Å²) in [6, 6.07) is 4.97. The number of anilines is 1. The fourth-order valence-corrected chi connectivity index (χ4v) is 2.15. The zero-order valence-electron chi connectivity index (χ0n) is 12.2. The zero-order chi connectivity index (χ0) is 15.7. The van der Waals surface area contributed by atoms with E-state index in [0.29, 0.717) is 30.2 Å². The molecule has 1 aromatic carbocycles. The number of fused-ring (bicyclic) bond motifs is 1. The Morgan fingerprint density at radius 2 is 2.18 bits per heavy atom. The fourth-order valence-electron chi connectivity index (χ4n) is 2.15. The highest BCUT2D eigenvalue weighted by Crippen LogP contribution is 2.26. The van der Waals surface area contributed by atoms with Crippen LogP contribution in [-0.2, 0) is 7.05 Å². The summed E-state index contributed by atoms with van der Waals surface area (Å²) in [6.07, 6.45) is 1.51. The molecule has 0 fully saturated rings. The van der Waals surface area contributed by atoms with Gasteiger partial charge in [0.25, 0.3) is 11.8 Å². The number of hydrogen-bond donors (Lipinski definition) is 1. The van der Waals surface area contributed by atoms with Crippen molar-refractivity contribution < 1.29 is 14.3 Å². The van der Waals surface area contributed by atoms with Gasteiger partial charge in [-0.25, -0.2) is 0 Å². The Morgan fingerprint density at radius 1 is 1.36 bits per heavy atom. The van der Waals surface area contributed by atoms with Gasteiger partial charge in [0.2, 0.25) is 0 Å². The highest BCUT2D eigenvalue weighted by atomic mass is 16.5. The van der Waals surface area contributed by atoms with Crippen molar-refractivity contribution in [3.63, 3.8) is 0 Å². The molecule has 8 heteroatoms. The first-order chi connectivity index (χ1) is 10.5. The summed E-state index contributed by atoms with van der Waals surface area (Å²) >= 11 is 0. The number of ether oxygens (including phenoxy) is 1. The number of aryl methyl sites for hydroxylation is 1. The Balaban J connectivity index is 1.85. The molecule has 0 spiro atoms. The van der Waals surface area contributed by atoms with Gasteiger partial charge >= 0.3 is 0 Å². The summed E-state index contributed by atoms with van der Waals surface area (Å²) in [6.45, 7) is 0.968. The van der Waals surface area contributed by atoms with Gasteiger partial charge in [-0.3, -0.25) is 14.3 Å². The van der Waals surface area contributed by atoms with Crippen LogP contribution in [0.4, 0.5) is 5.69 Å². The third-order valence-corrected chi connectivity index (χ3v) is 3.33. The van der Waals surface area contributed by atoms with Crippen LogP contribution >= 0.6 is 0 Å². The third kappa shape index (κ3) is 2.62. The van der Waals surface area contributed by atoms with Crippen LogP contribution in [0.1, 0.15) is 20.8 Å². The molecule has 0 aliphatic carbocycles. The van der Waals surface area contributed by atoms with Crippen LogP contribution in [0.25, 0.3) is 0 Å². The second-order valence-corrected chi connectivity index (χ2v) is 5.02. The molecule has 2 amide bonds. The smallest absolute Gasteiger partial charge is 0.277 e. The van der Waals surface area contributed by atoms with Crippen molar-refractivity contribution >= 4 is 17.5 Å². The number of carbonyl (C=O) groups is 2. The maximum atomic E-state index is 12.3. The molecule has 1 aliphatic rings. The lowest BCUT2D eigenvalue weighted by Crippen LogP contribution is -2.27. The van der Waals surface area contributed by atoms with Crippen molar-refractivity contribution in [3.05, 3.63) is 35.7 Å². The second kappa shape index (κ2) is 5.47. The summed E-state index contributed by atoms with van der Waals surface area (Å²) in [7, 11) is 3.39. The Morgan fingerprint density at radius 3 is 2.91 bits per heavy atom. The Hall–Kier alpha value is -2.90. The van der Waals surface area contributed by atoms with Gasteiger partial charge < -0.3 is 15.0 Å². The lowest BCUT2D eigenvalue weighted by Gasteiger charge is -2.13. The molecule has 0 unspecified atom stereocenters. The zero-order valence-corrected chi connectivity index (χ0v) is 12.2. The molecule has 1 aromatic heterocycles. The predicted molar refractivity (Wildman–Crippen MR) is 77.9 cm³/mol. The molecule has 22 heavy (non-hydrogen) atoms.